The lowest BCUT2D eigenvalue weighted by atomic mass is 10.1. The zero-order valence-corrected chi connectivity index (χ0v) is 16.0. The minimum absolute atomic E-state index is 0.134. The van der Waals surface area contributed by atoms with Crippen LogP contribution in [0.5, 0.6) is 0 Å². The summed E-state index contributed by atoms with van der Waals surface area (Å²) >= 11 is 0. The van der Waals surface area contributed by atoms with E-state index in [9.17, 15) is 9.59 Å². The molecule has 2 aromatic heterocycles. The number of aromatic nitrogens is 2. The van der Waals surface area contributed by atoms with Crippen LogP contribution in [0.2, 0.25) is 0 Å². The van der Waals surface area contributed by atoms with Crippen molar-refractivity contribution in [2.75, 3.05) is 24.5 Å². The van der Waals surface area contributed by atoms with Gasteiger partial charge in [-0.15, -0.1) is 0 Å². The Morgan fingerprint density at radius 3 is 2.71 bits per heavy atom. The second-order valence-electron chi connectivity index (χ2n) is 7.35. The standard InChI is InChI=1S/C21H24N4O3/c1-15(27)24-6-3-20(4-7-24)28-13-16-8-18(11-22-10-16)19-9-17-2-5-25(14-26)21(17)23-12-19/h8-12,14,20H,2-7,13H2,1H3. The van der Waals surface area contributed by atoms with Crippen LogP contribution >= 0.6 is 0 Å². The highest BCUT2D eigenvalue weighted by Crippen LogP contribution is 2.29. The number of pyridine rings is 2. The van der Waals surface area contributed by atoms with Crippen molar-refractivity contribution in [3.63, 3.8) is 0 Å². The number of likely N-dealkylation sites (tertiary alicyclic amines) is 1. The zero-order chi connectivity index (χ0) is 19.5. The Morgan fingerprint density at radius 1 is 1.18 bits per heavy atom. The Labute approximate surface area is 164 Å². The Morgan fingerprint density at radius 2 is 1.96 bits per heavy atom. The molecule has 4 heterocycles. The summed E-state index contributed by atoms with van der Waals surface area (Å²) in [7, 11) is 0. The van der Waals surface area contributed by atoms with Crippen LogP contribution in [0.3, 0.4) is 0 Å². The number of piperidine rings is 1. The number of amides is 2. The van der Waals surface area contributed by atoms with E-state index in [1.807, 2.05) is 17.3 Å². The summed E-state index contributed by atoms with van der Waals surface area (Å²) in [5.74, 6) is 0.887. The second-order valence-corrected chi connectivity index (χ2v) is 7.35. The summed E-state index contributed by atoms with van der Waals surface area (Å²) in [5.41, 5.74) is 4.09. The van der Waals surface area contributed by atoms with Gasteiger partial charge in [-0.05, 0) is 42.5 Å². The highest BCUT2D eigenvalue weighted by Gasteiger charge is 2.22. The first-order chi connectivity index (χ1) is 13.6. The highest BCUT2D eigenvalue weighted by molar-refractivity contribution is 5.78. The average Bonchev–Trinajstić information content (AvgIpc) is 3.15. The van der Waals surface area contributed by atoms with Gasteiger partial charge in [0.1, 0.15) is 5.82 Å². The molecule has 2 amide bonds. The maximum absolute atomic E-state index is 11.4. The molecule has 0 aromatic carbocycles. The fourth-order valence-corrected chi connectivity index (χ4v) is 3.83. The van der Waals surface area contributed by atoms with Crippen molar-refractivity contribution in [3.05, 3.63) is 41.9 Å². The van der Waals surface area contributed by atoms with Crippen molar-refractivity contribution in [2.45, 2.75) is 38.9 Å². The average molecular weight is 380 g/mol. The van der Waals surface area contributed by atoms with Crippen LogP contribution in [0.1, 0.15) is 30.9 Å². The molecule has 2 aliphatic rings. The maximum Gasteiger partial charge on any atom is 0.219 e. The predicted octanol–water partition coefficient (Wildman–Crippen LogP) is 2.19. The van der Waals surface area contributed by atoms with Gasteiger partial charge in [-0.25, -0.2) is 4.98 Å². The fourth-order valence-electron chi connectivity index (χ4n) is 3.83. The van der Waals surface area contributed by atoms with Gasteiger partial charge in [0.15, 0.2) is 0 Å². The number of ether oxygens (including phenoxy) is 1. The molecule has 0 saturated carbocycles. The lowest BCUT2D eigenvalue weighted by Gasteiger charge is -2.31. The van der Waals surface area contributed by atoms with E-state index in [2.05, 4.69) is 22.1 Å². The van der Waals surface area contributed by atoms with Crippen molar-refractivity contribution in [1.82, 2.24) is 14.9 Å². The van der Waals surface area contributed by atoms with Gasteiger partial charge >= 0.3 is 0 Å². The van der Waals surface area contributed by atoms with E-state index < -0.39 is 0 Å². The van der Waals surface area contributed by atoms with Gasteiger partial charge in [0.2, 0.25) is 12.3 Å². The summed E-state index contributed by atoms with van der Waals surface area (Å²) in [5, 5.41) is 0. The molecule has 2 aromatic rings. The Kier molecular flexibility index (Phi) is 5.34. The number of rotatable bonds is 5. The molecule has 7 heteroatoms. The third kappa shape index (κ3) is 3.89. The quantitative estimate of drug-likeness (QED) is 0.744. The number of carbonyl (C=O) groups is 2. The van der Waals surface area contributed by atoms with Crippen molar-refractivity contribution in [3.8, 4) is 11.1 Å². The SMILES string of the molecule is CC(=O)N1CCC(OCc2cncc(-c3cnc4c(c3)CCN4C=O)c2)CC1. The van der Waals surface area contributed by atoms with Gasteiger partial charge in [0.05, 0.1) is 12.7 Å². The number of hydrogen-bond donors (Lipinski definition) is 0. The molecule has 0 unspecified atom stereocenters. The van der Waals surface area contributed by atoms with Crippen LogP contribution in [0.4, 0.5) is 5.82 Å². The van der Waals surface area contributed by atoms with E-state index in [-0.39, 0.29) is 12.0 Å². The maximum atomic E-state index is 11.4. The zero-order valence-electron chi connectivity index (χ0n) is 16.0. The summed E-state index contributed by atoms with van der Waals surface area (Å²) < 4.78 is 6.05. The molecule has 0 aliphatic carbocycles. The Hall–Kier alpha value is -2.80. The van der Waals surface area contributed by atoms with E-state index in [0.717, 1.165) is 66.8 Å². The molecule has 1 saturated heterocycles. The molecule has 4 rings (SSSR count). The third-order valence-electron chi connectivity index (χ3n) is 5.47. The van der Waals surface area contributed by atoms with E-state index in [1.54, 1.807) is 18.0 Å². The molecule has 28 heavy (non-hydrogen) atoms. The highest BCUT2D eigenvalue weighted by atomic mass is 16.5. The van der Waals surface area contributed by atoms with Gasteiger partial charge in [0.25, 0.3) is 0 Å². The van der Waals surface area contributed by atoms with Crippen molar-refractivity contribution in [2.24, 2.45) is 0 Å². The van der Waals surface area contributed by atoms with Gasteiger partial charge in [-0.1, -0.05) is 0 Å². The van der Waals surface area contributed by atoms with E-state index in [0.29, 0.717) is 13.2 Å². The molecule has 7 nitrogen and oxygen atoms in total. The summed E-state index contributed by atoms with van der Waals surface area (Å²) in [6.07, 6.45) is 9.01. The second kappa shape index (κ2) is 8.06. The molecule has 0 atom stereocenters. The molecular weight excluding hydrogens is 356 g/mol. The minimum atomic E-state index is 0.134. The molecule has 0 N–H and O–H groups in total. The van der Waals surface area contributed by atoms with Crippen LogP contribution < -0.4 is 4.90 Å². The summed E-state index contributed by atoms with van der Waals surface area (Å²) in [6.45, 7) is 4.32. The molecular formula is C21H24N4O3. The first-order valence-electron chi connectivity index (χ1n) is 9.66. The number of carbonyl (C=O) groups excluding carboxylic acids is 2. The third-order valence-corrected chi connectivity index (χ3v) is 5.47. The van der Waals surface area contributed by atoms with Gasteiger partial charge in [-0.2, -0.15) is 0 Å². The summed E-state index contributed by atoms with van der Waals surface area (Å²) in [6, 6.07) is 4.17. The lowest BCUT2D eigenvalue weighted by molar-refractivity contribution is -0.131. The molecule has 1 fully saturated rings. The number of nitrogens with zero attached hydrogens (tertiary/aromatic N) is 4. The van der Waals surface area contributed by atoms with Crippen LogP contribution in [-0.4, -0.2) is 52.9 Å². The monoisotopic (exact) mass is 380 g/mol. The predicted molar refractivity (Wildman–Crippen MR) is 105 cm³/mol. The molecule has 2 aliphatic heterocycles. The number of anilines is 1. The van der Waals surface area contributed by atoms with Gasteiger partial charge < -0.3 is 9.64 Å². The summed E-state index contributed by atoms with van der Waals surface area (Å²) in [4.78, 5) is 34.8. The molecule has 0 radical (unpaired) electrons. The normalized spacial score (nSPS) is 16.9. The van der Waals surface area contributed by atoms with Gasteiger partial charge in [0, 0.05) is 56.3 Å². The van der Waals surface area contributed by atoms with Crippen molar-refractivity contribution < 1.29 is 14.3 Å². The van der Waals surface area contributed by atoms with Crippen LogP contribution in [0.25, 0.3) is 11.1 Å². The van der Waals surface area contributed by atoms with Crippen molar-refractivity contribution in [1.29, 1.82) is 0 Å². The van der Waals surface area contributed by atoms with Crippen LogP contribution in [0.15, 0.2) is 30.7 Å². The number of fused-ring (bicyclic) bond motifs is 1. The Balaban J connectivity index is 1.40. The molecule has 0 bridgehead atoms. The molecule has 146 valence electrons. The first kappa shape index (κ1) is 18.6. The van der Waals surface area contributed by atoms with Crippen LogP contribution in [-0.2, 0) is 27.4 Å². The Bertz CT molecular complexity index is 878. The smallest absolute Gasteiger partial charge is 0.219 e. The van der Waals surface area contributed by atoms with E-state index >= 15 is 0 Å². The fraction of sp³-hybridized carbons (Fsp3) is 0.429. The van der Waals surface area contributed by atoms with E-state index in [1.165, 1.54) is 0 Å². The van der Waals surface area contributed by atoms with Crippen LogP contribution in [0, 0.1) is 0 Å². The largest absolute Gasteiger partial charge is 0.373 e. The van der Waals surface area contributed by atoms with E-state index in [4.69, 9.17) is 4.74 Å². The number of hydrogen-bond acceptors (Lipinski definition) is 5. The van der Waals surface area contributed by atoms with Crippen molar-refractivity contribution >= 4 is 18.1 Å². The molecule has 0 spiro atoms. The van der Waals surface area contributed by atoms with Gasteiger partial charge in [-0.3, -0.25) is 19.5 Å². The topological polar surface area (TPSA) is 75.6 Å². The minimum Gasteiger partial charge on any atom is -0.373 e. The first-order valence-corrected chi connectivity index (χ1v) is 9.66. The lowest BCUT2D eigenvalue weighted by Crippen LogP contribution is -2.39.